The smallest absolute Gasteiger partial charge is 0.153 e. The topological polar surface area (TPSA) is 71.3 Å². The number of nitrogens with two attached hydrogens (primary N) is 1. The molecule has 5 nitrogen and oxygen atoms in total. The minimum Gasteiger partial charge on any atom is -0.453 e. The van der Waals surface area contributed by atoms with Crippen molar-refractivity contribution >= 4 is 17.1 Å². The molecule has 2 aliphatic heterocycles. The van der Waals surface area contributed by atoms with Crippen molar-refractivity contribution in [2.24, 2.45) is 0 Å². The van der Waals surface area contributed by atoms with Gasteiger partial charge in [0.2, 0.25) is 0 Å². The van der Waals surface area contributed by atoms with Crippen LogP contribution in [0, 0.1) is 0 Å². The number of para-hydroxylation sites is 3. The van der Waals surface area contributed by atoms with Crippen molar-refractivity contribution in [3.63, 3.8) is 0 Å². The summed E-state index contributed by atoms with van der Waals surface area (Å²) in [6.07, 6.45) is 0. The molecular weight excluding hydrogens is 264 g/mol. The van der Waals surface area contributed by atoms with Gasteiger partial charge in [-0.15, -0.1) is 0 Å². The molecule has 2 aliphatic rings. The fourth-order valence-electron chi connectivity index (χ4n) is 2.28. The summed E-state index contributed by atoms with van der Waals surface area (Å²) < 4.78 is 5.72. The second-order valence-electron chi connectivity index (χ2n) is 4.94. The highest BCUT2D eigenvalue weighted by atomic mass is 16.5. The summed E-state index contributed by atoms with van der Waals surface area (Å²) in [7, 11) is 0. The predicted molar refractivity (Wildman–Crippen MR) is 86.4 cm³/mol. The molecule has 110 valence electrons. The SMILES string of the molecule is C1CNCCN1.Nc1cccc2c1Nc1ccccc1O2. The van der Waals surface area contributed by atoms with Gasteiger partial charge in [0.1, 0.15) is 5.69 Å². The number of nitrogens with one attached hydrogen (secondary N) is 3. The minimum absolute atomic E-state index is 0.696. The molecule has 21 heavy (non-hydrogen) atoms. The molecule has 0 spiro atoms. The van der Waals surface area contributed by atoms with E-state index in [-0.39, 0.29) is 0 Å². The van der Waals surface area contributed by atoms with Crippen LogP contribution < -0.4 is 26.4 Å². The highest BCUT2D eigenvalue weighted by Crippen LogP contribution is 2.43. The number of rotatable bonds is 0. The van der Waals surface area contributed by atoms with Crippen molar-refractivity contribution in [3.05, 3.63) is 42.5 Å². The fourth-order valence-corrected chi connectivity index (χ4v) is 2.28. The molecule has 0 aromatic heterocycles. The van der Waals surface area contributed by atoms with Gasteiger partial charge in [-0.1, -0.05) is 18.2 Å². The Morgan fingerprint density at radius 3 is 2.19 bits per heavy atom. The summed E-state index contributed by atoms with van der Waals surface area (Å²) in [5.41, 5.74) is 8.34. The zero-order chi connectivity index (χ0) is 14.5. The van der Waals surface area contributed by atoms with Gasteiger partial charge in [-0.3, -0.25) is 0 Å². The molecule has 2 heterocycles. The molecule has 2 aromatic rings. The highest BCUT2D eigenvalue weighted by molar-refractivity contribution is 5.83. The number of fused-ring (bicyclic) bond motifs is 2. The first kappa shape index (κ1) is 13.7. The van der Waals surface area contributed by atoms with Gasteiger partial charge in [0, 0.05) is 26.2 Å². The molecule has 0 bridgehead atoms. The van der Waals surface area contributed by atoms with Crippen LogP contribution in [-0.2, 0) is 0 Å². The number of hydrogen-bond acceptors (Lipinski definition) is 5. The van der Waals surface area contributed by atoms with E-state index in [2.05, 4.69) is 16.0 Å². The third-order valence-electron chi connectivity index (χ3n) is 3.38. The van der Waals surface area contributed by atoms with E-state index in [1.807, 2.05) is 42.5 Å². The normalized spacial score (nSPS) is 15.4. The number of benzene rings is 2. The average Bonchev–Trinajstić information content (AvgIpc) is 2.56. The summed E-state index contributed by atoms with van der Waals surface area (Å²) in [6.45, 7) is 4.56. The van der Waals surface area contributed by atoms with Crippen LogP contribution in [0.25, 0.3) is 0 Å². The summed E-state index contributed by atoms with van der Waals surface area (Å²) in [4.78, 5) is 0. The first-order chi connectivity index (χ1) is 10.3. The standard InChI is InChI=1S/C12H10N2O.C4H10N2/c13-8-4-3-7-11-12(8)14-9-5-1-2-6-10(9)15-11;1-2-6-4-3-5-1/h1-7,14H,13H2;5-6H,1-4H2. The van der Waals surface area contributed by atoms with Crippen molar-refractivity contribution in [1.29, 1.82) is 0 Å². The van der Waals surface area contributed by atoms with Gasteiger partial charge in [-0.2, -0.15) is 0 Å². The van der Waals surface area contributed by atoms with Crippen LogP contribution in [0.15, 0.2) is 42.5 Å². The average molecular weight is 284 g/mol. The van der Waals surface area contributed by atoms with E-state index in [1.54, 1.807) is 0 Å². The summed E-state index contributed by atoms with van der Waals surface area (Å²) in [5, 5.41) is 9.70. The molecule has 0 aliphatic carbocycles. The first-order valence-electron chi connectivity index (χ1n) is 7.18. The third-order valence-corrected chi connectivity index (χ3v) is 3.38. The quantitative estimate of drug-likeness (QED) is 0.477. The number of ether oxygens (including phenoxy) is 1. The third kappa shape index (κ3) is 3.26. The molecule has 5 N–H and O–H groups in total. The Morgan fingerprint density at radius 1 is 0.810 bits per heavy atom. The minimum atomic E-state index is 0.696. The van der Waals surface area contributed by atoms with Gasteiger partial charge in [0.05, 0.1) is 11.4 Å². The molecular formula is C16H20N4O. The molecule has 0 atom stereocenters. The lowest BCUT2D eigenvalue weighted by molar-refractivity contribution is 0.481. The van der Waals surface area contributed by atoms with Gasteiger partial charge >= 0.3 is 0 Å². The number of nitrogen functional groups attached to an aromatic ring is 1. The Hall–Kier alpha value is -2.24. The van der Waals surface area contributed by atoms with Crippen molar-refractivity contribution in [2.45, 2.75) is 0 Å². The lowest BCUT2D eigenvalue weighted by atomic mass is 10.2. The van der Waals surface area contributed by atoms with E-state index in [9.17, 15) is 0 Å². The molecule has 4 rings (SSSR count). The second kappa shape index (κ2) is 6.47. The van der Waals surface area contributed by atoms with Gasteiger partial charge in [-0.05, 0) is 24.3 Å². The summed E-state index contributed by atoms with van der Waals surface area (Å²) in [5.74, 6) is 1.60. The van der Waals surface area contributed by atoms with E-state index in [4.69, 9.17) is 10.5 Å². The van der Waals surface area contributed by atoms with Crippen LogP contribution in [0.3, 0.4) is 0 Å². The second-order valence-corrected chi connectivity index (χ2v) is 4.94. The van der Waals surface area contributed by atoms with E-state index in [0.717, 1.165) is 49.1 Å². The van der Waals surface area contributed by atoms with Crippen LogP contribution in [0.1, 0.15) is 0 Å². The van der Waals surface area contributed by atoms with Crippen LogP contribution in [0.5, 0.6) is 11.5 Å². The predicted octanol–water partition coefficient (Wildman–Crippen LogP) is 2.30. The van der Waals surface area contributed by atoms with Crippen molar-refractivity contribution < 1.29 is 4.74 Å². The Labute approximate surface area is 124 Å². The van der Waals surface area contributed by atoms with Gasteiger partial charge < -0.3 is 26.4 Å². The lowest BCUT2D eigenvalue weighted by Gasteiger charge is -2.22. The molecule has 2 aromatic carbocycles. The number of anilines is 3. The molecule has 0 radical (unpaired) electrons. The van der Waals surface area contributed by atoms with E-state index >= 15 is 0 Å². The maximum atomic E-state index is 5.86. The van der Waals surface area contributed by atoms with Crippen LogP contribution >= 0.6 is 0 Å². The molecule has 0 saturated carbocycles. The Morgan fingerprint density at radius 2 is 1.48 bits per heavy atom. The molecule has 1 fully saturated rings. The number of piperazine rings is 1. The lowest BCUT2D eigenvalue weighted by Crippen LogP contribution is -2.39. The fraction of sp³-hybridized carbons (Fsp3) is 0.250. The molecule has 0 amide bonds. The largest absolute Gasteiger partial charge is 0.453 e. The van der Waals surface area contributed by atoms with E-state index in [1.165, 1.54) is 0 Å². The monoisotopic (exact) mass is 284 g/mol. The summed E-state index contributed by atoms with van der Waals surface area (Å²) in [6, 6.07) is 13.4. The molecule has 1 saturated heterocycles. The van der Waals surface area contributed by atoms with E-state index < -0.39 is 0 Å². The van der Waals surface area contributed by atoms with Crippen molar-refractivity contribution in [1.82, 2.24) is 10.6 Å². The van der Waals surface area contributed by atoms with Crippen molar-refractivity contribution in [3.8, 4) is 11.5 Å². The Kier molecular flexibility index (Phi) is 4.23. The first-order valence-corrected chi connectivity index (χ1v) is 7.18. The zero-order valence-corrected chi connectivity index (χ0v) is 11.9. The van der Waals surface area contributed by atoms with Crippen LogP contribution in [-0.4, -0.2) is 26.2 Å². The van der Waals surface area contributed by atoms with E-state index in [0.29, 0.717) is 5.69 Å². The summed E-state index contributed by atoms with van der Waals surface area (Å²) >= 11 is 0. The zero-order valence-electron chi connectivity index (χ0n) is 11.9. The maximum absolute atomic E-state index is 5.86. The Bertz CT molecular complexity index is 599. The maximum Gasteiger partial charge on any atom is 0.153 e. The highest BCUT2D eigenvalue weighted by Gasteiger charge is 2.16. The molecule has 0 unspecified atom stereocenters. The van der Waals surface area contributed by atoms with Crippen LogP contribution in [0.4, 0.5) is 17.1 Å². The van der Waals surface area contributed by atoms with Crippen molar-refractivity contribution in [2.75, 3.05) is 37.2 Å². The number of hydrogen-bond donors (Lipinski definition) is 4. The molecule has 5 heteroatoms. The Balaban J connectivity index is 0.000000186. The van der Waals surface area contributed by atoms with Gasteiger partial charge in [0.25, 0.3) is 0 Å². The van der Waals surface area contributed by atoms with Gasteiger partial charge in [0.15, 0.2) is 11.5 Å². The van der Waals surface area contributed by atoms with Gasteiger partial charge in [-0.25, -0.2) is 0 Å². The van der Waals surface area contributed by atoms with Crippen LogP contribution in [0.2, 0.25) is 0 Å².